The molecule has 23 nitrogen and oxygen atoms in total. The maximum absolute atomic E-state index is 15.1. The van der Waals surface area contributed by atoms with Crippen LogP contribution in [-0.4, -0.2) is 227 Å². The van der Waals surface area contributed by atoms with Gasteiger partial charge in [-0.1, -0.05) is 109 Å². The fraction of sp³-hybridized carbons (Fsp3) is 0.790. The lowest BCUT2D eigenvalue weighted by Crippen LogP contribution is -2.63. The van der Waals surface area contributed by atoms with E-state index in [4.69, 9.17) is 0 Å². The summed E-state index contributed by atoms with van der Waals surface area (Å²) >= 11 is 0. The van der Waals surface area contributed by atoms with E-state index in [-0.39, 0.29) is 55.8 Å². The van der Waals surface area contributed by atoms with Crippen molar-refractivity contribution >= 4 is 65.0 Å². The highest BCUT2D eigenvalue weighted by Crippen LogP contribution is 2.26. The minimum atomic E-state index is -1.61. The summed E-state index contributed by atoms with van der Waals surface area (Å²) in [6, 6.07) is -12.3. The summed E-state index contributed by atoms with van der Waals surface area (Å²) in [5.74, 6) is -9.71. The summed E-state index contributed by atoms with van der Waals surface area (Å²) in [6.45, 7) is 29.3. The molecule has 11 amide bonds. The Balaban J connectivity index is 4.32. The topological polar surface area (TPSA) is 279 Å². The maximum atomic E-state index is 15.1. The van der Waals surface area contributed by atoms with E-state index in [1.54, 1.807) is 54.5 Å². The zero-order chi connectivity index (χ0) is 66.0. The van der Waals surface area contributed by atoms with Crippen LogP contribution in [0.5, 0.6) is 0 Å². The molecule has 5 N–H and O–H groups in total. The molecule has 0 radical (unpaired) electrons. The van der Waals surface area contributed by atoms with Crippen molar-refractivity contribution in [3.8, 4) is 0 Å². The Labute approximate surface area is 508 Å². The van der Waals surface area contributed by atoms with Crippen LogP contribution in [0.15, 0.2) is 12.2 Å². The number of hydrogen-bond donors (Lipinski definition) is 5. The van der Waals surface area contributed by atoms with Gasteiger partial charge in [0, 0.05) is 49.3 Å². The predicted molar refractivity (Wildman–Crippen MR) is 328 cm³/mol. The molecule has 12 atom stereocenters. The minimum Gasteiger partial charge on any atom is -0.390 e. The van der Waals surface area contributed by atoms with Crippen molar-refractivity contribution in [2.24, 2.45) is 41.4 Å². The highest BCUT2D eigenvalue weighted by Gasteiger charge is 2.45. The molecule has 85 heavy (non-hydrogen) atoms. The van der Waals surface area contributed by atoms with Crippen molar-refractivity contribution < 1.29 is 57.8 Å². The number of rotatable bonds is 15. The molecule has 0 bridgehead atoms. The lowest BCUT2D eigenvalue weighted by atomic mass is 9.91. The minimum absolute atomic E-state index is 0.0229. The van der Waals surface area contributed by atoms with Gasteiger partial charge in [0.25, 0.3) is 0 Å². The van der Waals surface area contributed by atoms with Crippen molar-refractivity contribution in [2.75, 3.05) is 55.9 Å². The molecule has 0 aromatic rings. The van der Waals surface area contributed by atoms with Crippen LogP contribution in [0.25, 0.3) is 0 Å². The summed E-state index contributed by atoms with van der Waals surface area (Å²) in [7, 11) is 9.92. The Morgan fingerprint density at radius 3 is 1.32 bits per heavy atom. The number of nitrogens with zero attached hydrogens (tertiary/aromatic N) is 7. The molecule has 1 heterocycles. The van der Waals surface area contributed by atoms with Gasteiger partial charge in [-0.15, -0.1) is 0 Å². The second kappa shape index (κ2) is 34.9. The van der Waals surface area contributed by atoms with Crippen LogP contribution in [0.3, 0.4) is 0 Å². The molecule has 0 unspecified atom stereocenters. The Bertz CT molecular complexity index is 2330. The van der Waals surface area contributed by atoms with Crippen molar-refractivity contribution in [1.29, 1.82) is 0 Å². The quantitative estimate of drug-likeness (QED) is 0.148. The number of aliphatic hydroxyl groups is 1. The molecule has 1 saturated heterocycles. The van der Waals surface area contributed by atoms with E-state index < -0.39 is 156 Å². The summed E-state index contributed by atoms with van der Waals surface area (Å²) in [5.41, 5.74) is 0. The normalized spacial score (nSPS) is 26.9. The average Bonchev–Trinajstić information content (AvgIpc) is 3.62. The fourth-order valence-electron chi connectivity index (χ4n) is 10.7. The van der Waals surface area contributed by atoms with E-state index in [1.807, 2.05) is 61.5 Å². The number of carbonyl (C=O) groups excluding carboxylic acids is 11. The molecule has 1 aliphatic heterocycles. The van der Waals surface area contributed by atoms with Crippen molar-refractivity contribution in [2.45, 2.75) is 223 Å². The molecule has 23 heteroatoms. The standard InChI is InChI=1S/C62H111N11O12/c1-25-27-28-40(15)52(75)51-56(79)65-43(26-2)58(81)67(18)33-48(74)68(19)44(29-34(3)4)55(78)66-49(38(11)12)61(84)69(20)45(30-35(5)6)54(77)63-41(16)53(76)64-42(17)57(80)70(21)46(31-36(7)8)59(82)71(22)47(32-37(9)10)60(83)72(23)50(39(13)14)62(85)73(51)24/h25,27,34-47,49-52,75H,26,28-33H2,1-24H3,(H,63,77)(H,64,76)(H,65,79)(H,66,78)/t40-,41+,42-,43+,44+,45+,46+,47+,49+,50-,51+,52-/m1/s1. The van der Waals surface area contributed by atoms with E-state index in [1.165, 1.54) is 87.7 Å². The van der Waals surface area contributed by atoms with Gasteiger partial charge < -0.3 is 60.7 Å². The molecule has 0 aromatic heterocycles. The van der Waals surface area contributed by atoms with Gasteiger partial charge in [0.1, 0.15) is 60.4 Å². The van der Waals surface area contributed by atoms with Gasteiger partial charge in [0.05, 0.1) is 12.6 Å². The number of hydrogen-bond acceptors (Lipinski definition) is 12. The van der Waals surface area contributed by atoms with Gasteiger partial charge in [0.2, 0.25) is 65.0 Å². The lowest BCUT2D eigenvalue weighted by Gasteiger charge is -2.41. The fourth-order valence-corrected chi connectivity index (χ4v) is 10.7. The third-order valence-electron chi connectivity index (χ3n) is 16.1. The highest BCUT2D eigenvalue weighted by molar-refractivity contribution is 5.99. The monoisotopic (exact) mass is 1200 g/mol. The van der Waals surface area contributed by atoms with Crippen LogP contribution in [0, 0.1) is 41.4 Å². The number of nitrogens with one attached hydrogen (secondary N) is 4. The van der Waals surface area contributed by atoms with Crippen LogP contribution >= 0.6 is 0 Å². The Kier molecular flexibility index (Phi) is 31.5. The molecule has 0 aliphatic carbocycles. The first-order chi connectivity index (χ1) is 39.2. The zero-order valence-electron chi connectivity index (χ0n) is 56.1. The maximum Gasteiger partial charge on any atom is 0.246 e. The van der Waals surface area contributed by atoms with E-state index in [0.717, 1.165) is 9.80 Å². The van der Waals surface area contributed by atoms with Gasteiger partial charge in [-0.2, -0.15) is 0 Å². The second-order valence-corrected chi connectivity index (χ2v) is 26.1. The predicted octanol–water partition coefficient (Wildman–Crippen LogP) is 3.27. The molecule has 0 saturated carbocycles. The van der Waals surface area contributed by atoms with E-state index >= 15 is 9.59 Å². The van der Waals surface area contributed by atoms with Gasteiger partial charge in [-0.3, -0.25) is 52.7 Å². The average molecular weight is 1200 g/mol. The number of allylic oxidation sites excluding steroid dienone is 2. The van der Waals surface area contributed by atoms with Crippen molar-refractivity contribution in [3.63, 3.8) is 0 Å². The Hall–Kier alpha value is -6.13. The summed E-state index contributed by atoms with van der Waals surface area (Å²) in [5, 5.41) is 23.1. The van der Waals surface area contributed by atoms with Crippen LogP contribution in [-0.2, 0) is 52.7 Å². The summed E-state index contributed by atoms with van der Waals surface area (Å²) in [6.07, 6.45) is 3.04. The van der Waals surface area contributed by atoms with E-state index in [0.29, 0.717) is 6.42 Å². The number of amides is 11. The number of likely N-dealkylation sites (N-methyl/N-ethyl adjacent to an activating group) is 7. The van der Waals surface area contributed by atoms with E-state index in [2.05, 4.69) is 21.3 Å². The first-order valence-electron chi connectivity index (χ1n) is 30.6. The Morgan fingerprint density at radius 1 is 0.459 bits per heavy atom. The third kappa shape index (κ3) is 21.7. The Morgan fingerprint density at radius 2 is 0.871 bits per heavy atom. The van der Waals surface area contributed by atoms with Crippen LogP contribution in [0.1, 0.15) is 156 Å². The van der Waals surface area contributed by atoms with Crippen LogP contribution < -0.4 is 21.3 Å². The molecule has 1 fully saturated rings. The lowest BCUT2D eigenvalue weighted by molar-refractivity contribution is -0.157. The first kappa shape index (κ1) is 76.9. The van der Waals surface area contributed by atoms with Gasteiger partial charge in [-0.05, 0) is 101 Å². The molecule has 1 aliphatic rings. The second-order valence-electron chi connectivity index (χ2n) is 26.1. The smallest absolute Gasteiger partial charge is 0.246 e. The molecule has 486 valence electrons. The molecule has 1 rings (SSSR count). The summed E-state index contributed by atoms with van der Waals surface area (Å²) < 4.78 is 0. The van der Waals surface area contributed by atoms with Gasteiger partial charge in [0.15, 0.2) is 0 Å². The third-order valence-corrected chi connectivity index (χ3v) is 16.1. The van der Waals surface area contributed by atoms with Crippen LogP contribution in [0.2, 0.25) is 0 Å². The van der Waals surface area contributed by atoms with Gasteiger partial charge >= 0.3 is 0 Å². The largest absolute Gasteiger partial charge is 0.390 e. The molecule has 0 aromatic carbocycles. The van der Waals surface area contributed by atoms with Crippen molar-refractivity contribution in [1.82, 2.24) is 55.6 Å². The zero-order valence-corrected chi connectivity index (χ0v) is 56.1. The highest BCUT2D eigenvalue weighted by atomic mass is 16.3. The molecular weight excluding hydrogens is 1090 g/mol. The summed E-state index contributed by atoms with van der Waals surface area (Å²) in [4.78, 5) is 169. The van der Waals surface area contributed by atoms with E-state index in [9.17, 15) is 48.3 Å². The van der Waals surface area contributed by atoms with Crippen LogP contribution in [0.4, 0.5) is 0 Å². The number of aliphatic hydroxyl groups excluding tert-OH is 1. The molecular formula is C62H111N11O12. The number of carbonyl (C=O) groups is 11. The molecule has 0 spiro atoms. The first-order valence-corrected chi connectivity index (χ1v) is 30.6. The SMILES string of the molecule is CC=CC[C@@H](C)[C@@H](O)[C@H]1C(=O)N[C@@H](CC)C(=O)N(C)CC(=O)N(C)[C@@H](CC(C)C)C(=O)N[C@@H](C(C)C)C(=O)N(C)[C@@H](CC(C)C)C(=O)N[C@@H](C)C(=O)N[C@H](C)C(=O)N(C)[C@@H](CC(C)C)C(=O)N(C)[C@@H](CC(C)C)C(=O)N(C)[C@H](C(C)C)C(=O)N1C. The van der Waals surface area contributed by atoms with Crippen molar-refractivity contribution in [3.05, 3.63) is 12.2 Å². The van der Waals surface area contributed by atoms with Gasteiger partial charge in [-0.25, -0.2) is 0 Å².